The summed E-state index contributed by atoms with van der Waals surface area (Å²) in [5.41, 5.74) is -3.07. The van der Waals surface area contributed by atoms with Gasteiger partial charge in [-0.05, 0) is 62.1 Å². The fourth-order valence-electron chi connectivity index (χ4n) is 7.06. The largest absolute Gasteiger partial charge is 0.497 e. The Morgan fingerprint density at radius 2 is 1.61 bits per heavy atom. The summed E-state index contributed by atoms with van der Waals surface area (Å²) in [6, 6.07) is 16.6. The van der Waals surface area contributed by atoms with Crippen molar-refractivity contribution < 1.29 is 55.0 Å². The van der Waals surface area contributed by atoms with Gasteiger partial charge in [-0.1, -0.05) is 63.7 Å². The van der Waals surface area contributed by atoms with Crippen LogP contribution in [0.4, 0.5) is 18.0 Å². The Morgan fingerprint density at radius 1 is 0.935 bits per heavy atom. The Bertz CT molecular complexity index is 2540. The lowest BCUT2D eigenvalue weighted by Gasteiger charge is -2.36. The molecule has 1 aromatic heterocycles. The number of rotatable bonds is 11. The zero-order valence-corrected chi connectivity index (χ0v) is 36.0. The quantitative estimate of drug-likeness (QED) is 0.140. The molecule has 2 heterocycles. The number of hydrogen-bond donors (Lipinski definition) is 3. The highest BCUT2D eigenvalue weighted by Crippen LogP contribution is 2.43. The summed E-state index contributed by atoms with van der Waals surface area (Å²) in [6.45, 7) is 13.7. The van der Waals surface area contributed by atoms with Crippen molar-refractivity contribution in [3.05, 3.63) is 96.6 Å². The first-order valence-corrected chi connectivity index (χ1v) is 21.1. The minimum Gasteiger partial charge on any atom is -0.497 e. The molecule has 0 bridgehead atoms. The van der Waals surface area contributed by atoms with E-state index < -0.39 is 85.2 Å². The van der Waals surface area contributed by atoms with Gasteiger partial charge in [-0.25, -0.2) is 22.9 Å². The van der Waals surface area contributed by atoms with Gasteiger partial charge in [0.25, 0.3) is 15.9 Å². The highest BCUT2D eigenvalue weighted by atomic mass is 32.2. The highest BCUT2D eigenvalue weighted by molar-refractivity contribution is 7.90. The molecule has 2 aliphatic rings. The molecule has 2 fully saturated rings. The summed E-state index contributed by atoms with van der Waals surface area (Å²) in [4.78, 5) is 61.2. The number of nitrogens with zero attached hydrogens (tertiary/aromatic N) is 2. The zero-order valence-electron chi connectivity index (χ0n) is 35.2. The summed E-state index contributed by atoms with van der Waals surface area (Å²) < 4.78 is 86.0. The lowest BCUT2D eigenvalue weighted by Crippen LogP contribution is -2.60. The third kappa shape index (κ3) is 9.96. The van der Waals surface area contributed by atoms with Crippen LogP contribution in [-0.4, -0.2) is 85.1 Å². The Morgan fingerprint density at radius 3 is 2.21 bits per heavy atom. The van der Waals surface area contributed by atoms with Gasteiger partial charge in [-0.15, -0.1) is 0 Å². The van der Waals surface area contributed by atoms with E-state index in [9.17, 15) is 40.8 Å². The van der Waals surface area contributed by atoms with E-state index in [1.807, 2.05) is 30.3 Å². The number of benzene rings is 3. The van der Waals surface area contributed by atoms with Gasteiger partial charge in [0.1, 0.15) is 40.8 Å². The number of ether oxygens (including phenoxy) is 3. The number of pyridine rings is 1. The molecule has 14 nitrogen and oxygen atoms in total. The SMILES string of the molecule is C=C1CC1(NC(=O)[C@@H]1C[C@@H](Oc2cc(-c3ccccc3)nc3cc(OC)ccc23)CN1C(=O)[C@@H](NC(=O)OC(C)(C)C)C(C)(C)C)C(=O)NS(=O)(=O)c1cccc(C(F)(F)F)c1. The molecule has 0 spiro atoms. The van der Waals surface area contributed by atoms with E-state index in [4.69, 9.17) is 19.2 Å². The van der Waals surface area contributed by atoms with Gasteiger partial charge in [-0.3, -0.25) is 14.4 Å². The molecule has 1 aliphatic heterocycles. The molecule has 3 N–H and O–H groups in total. The standard InChI is InChI=1S/C44H48F3N5O9S/c1-25-23-43(25,39(55)51-62(57,58)30-16-12-15-27(19-30)44(45,46)47)50-37(53)34-21-29(24-52(34)38(54)36(41(2,3)4)49-40(56)61-42(5,6)7)60-35-22-32(26-13-10-9-11-14-26)48-33-20-28(59-8)17-18-31(33)35/h9-20,22,29,34,36H,1,21,23-24H2,2-8H3,(H,49,56)(H,50,53)(H,51,55)/t29-,34+,36-,43?/m1/s1. The van der Waals surface area contributed by atoms with E-state index >= 15 is 0 Å². The van der Waals surface area contributed by atoms with Crippen molar-refractivity contribution in [2.75, 3.05) is 13.7 Å². The van der Waals surface area contributed by atoms with Crippen molar-refractivity contribution in [3.63, 3.8) is 0 Å². The van der Waals surface area contributed by atoms with E-state index in [2.05, 4.69) is 17.2 Å². The third-order valence-electron chi connectivity index (χ3n) is 10.3. The van der Waals surface area contributed by atoms with Gasteiger partial charge in [0, 0.05) is 35.9 Å². The van der Waals surface area contributed by atoms with Crippen LogP contribution in [0.5, 0.6) is 11.5 Å². The average Bonchev–Trinajstić information content (AvgIpc) is 3.64. The van der Waals surface area contributed by atoms with Gasteiger partial charge in [0.2, 0.25) is 11.8 Å². The van der Waals surface area contributed by atoms with Crippen LogP contribution in [0.1, 0.15) is 59.9 Å². The molecule has 6 rings (SSSR count). The van der Waals surface area contributed by atoms with Gasteiger partial charge in [0.05, 0.1) is 35.3 Å². The van der Waals surface area contributed by atoms with E-state index in [0.29, 0.717) is 40.2 Å². The van der Waals surface area contributed by atoms with Crippen LogP contribution in [0.2, 0.25) is 0 Å². The summed E-state index contributed by atoms with van der Waals surface area (Å²) >= 11 is 0. The number of sulfonamides is 1. The number of fused-ring (bicyclic) bond motifs is 1. The number of alkyl halides is 3. The predicted octanol–water partition coefficient (Wildman–Crippen LogP) is 6.54. The van der Waals surface area contributed by atoms with E-state index in [1.165, 1.54) is 12.0 Å². The van der Waals surface area contributed by atoms with Crippen LogP contribution in [0.25, 0.3) is 22.2 Å². The van der Waals surface area contributed by atoms with Gasteiger partial charge in [-0.2, -0.15) is 13.2 Å². The number of likely N-dealkylation sites (tertiary alicyclic amines) is 1. The number of carbonyl (C=O) groups is 4. The Kier molecular flexibility index (Phi) is 12.1. The first-order valence-electron chi connectivity index (χ1n) is 19.6. The zero-order chi connectivity index (χ0) is 45.6. The minimum absolute atomic E-state index is 0.109. The Balaban J connectivity index is 1.33. The van der Waals surface area contributed by atoms with E-state index in [1.54, 1.807) is 70.5 Å². The topological polar surface area (TPSA) is 182 Å². The second kappa shape index (κ2) is 16.6. The molecule has 1 unspecified atom stereocenters. The van der Waals surface area contributed by atoms with Crippen molar-refractivity contribution in [1.82, 2.24) is 25.2 Å². The maximum atomic E-state index is 14.7. The first kappa shape index (κ1) is 45.4. The second-order valence-corrected chi connectivity index (χ2v) is 19.0. The van der Waals surface area contributed by atoms with Gasteiger partial charge >= 0.3 is 12.3 Å². The van der Waals surface area contributed by atoms with Crippen LogP contribution in [0.3, 0.4) is 0 Å². The van der Waals surface area contributed by atoms with Gasteiger partial charge < -0.3 is 29.7 Å². The van der Waals surface area contributed by atoms with Crippen LogP contribution in [0, 0.1) is 5.41 Å². The number of carbonyl (C=O) groups excluding carboxylic acids is 4. The third-order valence-corrected chi connectivity index (χ3v) is 11.7. The van der Waals surface area contributed by atoms with Crippen LogP contribution in [-0.2, 0) is 35.3 Å². The predicted molar refractivity (Wildman–Crippen MR) is 222 cm³/mol. The summed E-state index contributed by atoms with van der Waals surface area (Å²) in [7, 11) is -3.35. The molecule has 1 saturated heterocycles. The number of aromatic nitrogens is 1. The summed E-state index contributed by atoms with van der Waals surface area (Å²) in [6.07, 6.45) is -6.94. The molecule has 0 radical (unpaired) electrons. The van der Waals surface area contributed by atoms with E-state index in [-0.39, 0.29) is 25.0 Å². The van der Waals surface area contributed by atoms with Crippen molar-refractivity contribution in [2.24, 2.45) is 5.41 Å². The molecule has 330 valence electrons. The van der Waals surface area contributed by atoms with Crippen LogP contribution >= 0.6 is 0 Å². The number of nitrogens with one attached hydrogen (secondary N) is 3. The van der Waals surface area contributed by atoms with Crippen molar-refractivity contribution in [2.45, 2.75) is 94.8 Å². The van der Waals surface area contributed by atoms with Crippen LogP contribution in [0.15, 0.2) is 95.9 Å². The van der Waals surface area contributed by atoms with Gasteiger partial charge in [0.15, 0.2) is 0 Å². The smallest absolute Gasteiger partial charge is 0.416 e. The molecule has 3 aromatic carbocycles. The summed E-state index contributed by atoms with van der Waals surface area (Å²) in [5.74, 6) is -1.90. The van der Waals surface area contributed by atoms with E-state index in [0.717, 1.165) is 17.7 Å². The molecule has 62 heavy (non-hydrogen) atoms. The van der Waals surface area contributed by atoms with Crippen molar-refractivity contribution >= 4 is 44.7 Å². The maximum Gasteiger partial charge on any atom is 0.416 e. The van der Waals surface area contributed by atoms with Crippen molar-refractivity contribution in [3.8, 4) is 22.8 Å². The van der Waals surface area contributed by atoms with Crippen LogP contribution < -0.4 is 24.8 Å². The Labute approximate surface area is 357 Å². The first-order chi connectivity index (χ1) is 28.8. The monoisotopic (exact) mass is 879 g/mol. The fourth-order valence-corrected chi connectivity index (χ4v) is 8.14. The maximum absolute atomic E-state index is 14.7. The molecular formula is C44H48F3N5O9S. The molecule has 1 saturated carbocycles. The molecule has 4 atom stereocenters. The molecule has 1 aliphatic carbocycles. The normalized spacial score (nSPS) is 19.6. The molecule has 18 heteroatoms. The number of halogens is 3. The summed E-state index contributed by atoms with van der Waals surface area (Å²) in [5, 5.41) is 5.83. The lowest BCUT2D eigenvalue weighted by atomic mass is 9.85. The number of methoxy groups -OCH3 is 1. The molecule has 4 amide bonds. The highest BCUT2D eigenvalue weighted by Gasteiger charge is 2.58. The lowest BCUT2D eigenvalue weighted by molar-refractivity contribution is -0.142. The Hall–Kier alpha value is -6.17. The number of hydrogen-bond acceptors (Lipinski definition) is 10. The number of alkyl carbamates (subject to hydrolysis) is 1. The van der Waals surface area contributed by atoms with Crippen molar-refractivity contribution in [1.29, 1.82) is 0 Å². The fraction of sp³-hybridized carbons (Fsp3) is 0.386. The minimum atomic E-state index is -4.87. The average molecular weight is 880 g/mol. The number of amides is 4. The second-order valence-electron chi connectivity index (χ2n) is 17.3. The molecular weight excluding hydrogens is 832 g/mol. The molecule has 4 aromatic rings.